The molecule has 1 aromatic rings. The van der Waals surface area contributed by atoms with Crippen molar-refractivity contribution in [3.05, 3.63) is 23.2 Å². The van der Waals surface area contributed by atoms with Crippen molar-refractivity contribution in [2.45, 2.75) is 25.7 Å². The Kier molecular flexibility index (Phi) is 8.12. The normalized spacial score (nSPS) is 14.0. The molecule has 1 amide bonds. The van der Waals surface area contributed by atoms with Crippen molar-refractivity contribution in [1.29, 1.82) is 0 Å². The van der Waals surface area contributed by atoms with E-state index in [1.165, 1.54) is 0 Å². The maximum Gasteiger partial charge on any atom is 0.257 e. The lowest BCUT2D eigenvalue weighted by atomic mass is 10.2. The van der Waals surface area contributed by atoms with Gasteiger partial charge in [-0.15, -0.1) is 0 Å². The Labute approximate surface area is 150 Å². The zero-order valence-corrected chi connectivity index (χ0v) is 15.4. The minimum absolute atomic E-state index is 0.00755. The Bertz CT molecular complexity index is 566. The zero-order chi connectivity index (χ0) is 16.5. The van der Waals surface area contributed by atoms with Gasteiger partial charge in [-0.25, -0.2) is 0 Å². The summed E-state index contributed by atoms with van der Waals surface area (Å²) in [5.74, 6) is 2.94. The van der Waals surface area contributed by atoms with Gasteiger partial charge in [0.05, 0.1) is 24.5 Å². The first-order valence-corrected chi connectivity index (χ1v) is 9.87. The Morgan fingerprint density at radius 3 is 2.83 bits per heavy atom. The van der Waals surface area contributed by atoms with Gasteiger partial charge < -0.3 is 9.47 Å². The summed E-state index contributed by atoms with van der Waals surface area (Å²) in [5.41, 5.74) is 0. The Balaban J connectivity index is 1.51. The van der Waals surface area contributed by atoms with Crippen LogP contribution in [-0.2, 0) is 4.79 Å². The molecule has 7 heteroatoms. The van der Waals surface area contributed by atoms with E-state index in [1.54, 1.807) is 36.7 Å². The van der Waals surface area contributed by atoms with Crippen molar-refractivity contribution in [2.75, 3.05) is 25.2 Å². The largest absolute Gasteiger partial charge is 0.497 e. The number of benzene rings is 1. The molecule has 0 spiro atoms. The quantitative estimate of drug-likeness (QED) is 0.589. The van der Waals surface area contributed by atoms with E-state index in [-0.39, 0.29) is 5.91 Å². The lowest BCUT2D eigenvalue weighted by Crippen LogP contribution is -1.98. The van der Waals surface area contributed by atoms with E-state index < -0.39 is 0 Å². The van der Waals surface area contributed by atoms with Gasteiger partial charge in [-0.3, -0.25) is 4.79 Å². The molecule has 0 bridgehead atoms. The van der Waals surface area contributed by atoms with Gasteiger partial charge in [-0.1, -0.05) is 48.0 Å². The van der Waals surface area contributed by atoms with E-state index >= 15 is 0 Å². The number of carbonyl (C=O) groups excluding carboxylic acids is 1. The third-order valence-corrected chi connectivity index (χ3v) is 5.76. The second-order valence-electron chi connectivity index (χ2n) is 4.97. The number of thioether (sulfide) groups is 2. The van der Waals surface area contributed by atoms with Crippen molar-refractivity contribution < 1.29 is 14.3 Å². The molecule has 0 atom stereocenters. The monoisotopic (exact) mass is 373 g/mol. The molecule has 1 heterocycles. The van der Waals surface area contributed by atoms with Crippen molar-refractivity contribution in [3.63, 3.8) is 0 Å². The molecule has 126 valence electrons. The summed E-state index contributed by atoms with van der Waals surface area (Å²) in [4.78, 5) is 14.9. The summed E-state index contributed by atoms with van der Waals surface area (Å²) < 4.78 is 11.7. The lowest BCUT2D eigenvalue weighted by Gasteiger charge is -2.09. The summed E-state index contributed by atoms with van der Waals surface area (Å²) in [6.07, 6.45) is 4.40. The SMILES string of the molecule is COc1ccc(OCCCCCCSC2=NC(=O)CS2)c(Cl)c1. The van der Waals surface area contributed by atoms with E-state index in [0.29, 0.717) is 23.1 Å². The first-order valence-electron chi connectivity index (χ1n) is 7.52. The molecule has 0 fully saturated rings. The zero-order valence-electron chi connectivity index (χ0n) is 13.0. The number of nitrogens with zero attached hydrogens (tertiary/aromatic N) is 1. The number of ether oxygens (including phenoxy) is 2. The van der Waals surface area contributed by atoms with Gasteiger partial charge in [0.25, 0.3) is 5.91 Å². The summed E-state index contributed by atoms with van der Waals surface area (Å²) in [5, 5.41) is 0.574. The molecule has 0 aromatic heterocycles. The molecule has 0 saturated carbocycles. The average molecular weight is 374 g/mol. The van der Waals surface area contributed by atoms with Crippen LogP contribution in [0.5, 0.6) is 11.5 Å². The van der Waals surface area contributed by atoms with Crippen LogP contribution in [0, 0.1) is 0 Å². The van der Waals surface area contributed by atoms with Crippen LogP contribution in [0.2, 0.25) is 5.02 Å². The number of methoxy groups -OCH3 is 1. The van der Waals surface area contributed by atoms with Crippen LogP contribution in [-0.4, -0.2) is 35.5 Å². The van der Waals surface area contributed by atoms with Gasteiger partial charge >= 0.3 is 0 Å². The van der Waals surface area contributed by atoms with Gasteiger partial charge in [0, 0.05) is 11.8 Å². The number of unbranched alkanes of at least 4 members (excludes halogenated alkanes) is 3. The number of aliphatic imine (C=N–C) groups is 1. The van der Waals surface area contributed by atoms with Crippen LogP contribution in [0.25, 0.3) is 0 Å². The minimum atomic E-state index is -0.00755. The smallest absolute Gasteiger partial charge is 0.257 e. The van der Waals surface area contributed by atoms with Crippen molar-refractivity contribution in [3.8, 4) is 11.5 Å². The summed E-state index contributed by atoms with van der Waals surface area (Å²) in [6, 6.07) is 5.43. The third-order valence-electron chi connectivity index (χ3n) is 3.20. The maximum atomic E-state index is 11.0. The van der Waals surface area contributed by atoms with Crippen molar-refractivity contribution in [2.24, 2.45) is 4.99 Å². The highest BCUT2D eigenvalue weighted by molar-refractivity contribution is 8.39. The first kappa shape index (κ1) is 18.5. The molecule has 0 aliphatic carbocycles. The Morgan fingerprint density at radius 1 is 1.30 bits per heavy atom. The van der Waals surface area contributed by atoms with E-state index in [1.807, 2.05) is 12.1 Å². The standard InChI is InChI=1S/C16H20ClNO3S2/c1-20-12-6-7-14(13(17)10-12)21-8-4-2-3-5-9-22-16-18-15(19)11-23-16/h6-7,10H,2-5,8-9,11H2,1H3. The van der Waals surface area contributed by atoms with Gasteiger partial charge in [-0.2, -0.15) is 4.99 Å². The van der Waals surface area contributed by atoms with Crippen LogP contribution in [0.15, 0.2) is 23.2 Å². The topological polar surface area (TPSA) is 47.9 Å². The maximum absolute atomic E-state index is 11.0. The molecular formula is C16H20ClNO3S2. The van der Waals surface area contributed by atoms with Gasteiger partial charge in [0.15, 0.2) is 0 Å². The van der Waals surface area contributed by atoms with Crippen molar-refractivity contribution in [1.82, 2.24) is 0 Å². The molecule has 4 nitrogen and oxygen atoms in total. The minimum Gasteiger partial charge on any atom is -0.497 e. The van der Waals surface area contributed by atoms with Gasteiger partial charge in [-0.05, 0) is 25.0 Å². The molecule has 2 rings (SSSR count). The van der Waals surface area contributed by atoms with E-state index in [4.69, 9.17) is 21.1 Å². The molecule has 1 aliphatic heterocycles. The first-order chi connectivity index (χ1) is 11.2. The van der Waals surface area contributed by atoms with E-state index in [0.717, 1.165) is 41.6 Å². The van der Waals surface area contributed by atoms with Crippen LogP contribution >= 0.6 is 35.1 Å². The number of carbonyl (C=O) groups is 1. The fourth-order valence-corrected chi connectivity index (χ4v) is 4.14. The van der Waals surface area contributed by atoms with Crippen LogP contribution in [0.3, 0.4) is 0 Å². The Morgan fingerprint density at radius 2 is 2.13 bits per heavy atom. The number of amides is 1. The summed E-state index contributed by atoms with van der Waals surface area (Å²) in [7, 11) is 1.61. The highest BCUT2D eigenvalue weighted by Gasteiger charge is 2.14. The average Bonchev–Trinajstić information content (AvgIpc) is 2.96. The van der Waals surface area contributed by atoms with Crippen LogP contribution < -0.4 is 9.47 Å². The highest BCUT2D eigenvalue weighted by Crippen LogP contribution is 2.29. The van der Waals surface area contributed by atoms with E-state index in [2.05, 4.69) is 4.99 Å². The fourth-order valence-electron chi connectivity index (χ4n) is 1.99. The molecule has 0 N–H and O–H groups in total. The van der Waals surface area contributed by atoms with Crippen LogP contribution in [0.4, 0.5) is 0 Å². The molecule has 0 radical (unpaired) electrons. The van der Waals surface area contributed by atoms with Gasteiger partial charge in [0.1, 0.15) is 15.9 Å². The van der Waals surface area contributed by atoms with Crippen molar-refractivity contribution >= 4 is 45.4 Å². The predicted molar refractivity (Wildman–Crippen MR) is 99.3 cm³/mol. The van der Waals surface area contributed by atoms with Gasteiger partial charge in [0.2, 0.25) is 0 Å². The highest BCUT2D eigenvalue weighted by atomic mass is 35.5. The molecule has 1 aliphatic rings. The summed E-state index contributed by atoms with van der Waals surface area (Å²) in [6.45, 7) is 0.663. The molecule has 0 saturated heterocycles. The molecule has 0 unspecified atom stereocenters. The predicted octanol–water partition coefficient (Wildman–Crippen LogP) is 4.65. The molecular weight excluding hydrogens is 354 g/mol. The van der Waals surface area contributed by atoms with Crippen LogP contribution in [0.1, 0.15) is 25.7 Å². The summed E-state index contributed by atoms with van der Waals surface area (Å²) >= 11 is 9.35. The fraction of sp³-hybridized carbons (Fsp3) is 0.500. The third kappa shape index (κ3) is 6.65. The molecule has 1 aromatic carbocycles. The second kappa shape index (κ2) is 10.1. The lowest BCUT2D eigenvalue weighted by molar-refractivity contribution is -0.115. The van der Waals surface area contributed by atoms with E-state index in [9.17, 15) is 4.79 Å². The number of rotatable bonds is 9. The number of hydrogen-bond donors (Lipinski definition) is 0. The number of hydrogen-bond acceptors (Lipinski definition) is 5. The number of halogens is 1. The Hall–Kier alpha value is -0.850. The molecule has 23 heavy (non-hydrogen) atoms. The second-order valence-corrected chi connectivity index (χ2v) is 7.68.